The van der Waals surface area contributed by atoms with Crippen molar-refractivity contribution in [2.45, 2.75) is 12.1 Å². The molecule has 9 heteroatoms. The Balaban J connectivity index is 2.13. The molecule has 2 rings (SSSR count). The molecule has 1 saturated heterocycles. The minimum atomic E-state index is -2.92. The van der Waals surface area contributed by atoms with Crippen LogP contribution in [-0.4, -0.2) is 52.8 Å². The molecule has 0 radical (unpaired) electrons. The number of alkyl halides is 1. The lowest BCUT2D eigenvalue weighted by atomic mass is 10.0. The van der Waals surface area contributed by atoms with Gasteiger partial charge in [0.2, 0.25) is 0 Å². The summed E-state index contributed by atoms with van der Waals surface area (Å²) in [6, 6.07) is 6.32. The molecule has 0 N–H and O–H groups in total. The minimum Gasteiger partial charge on any atom is -0.376 e. The molecule has 126 valence electrons. The van der Waals surface area contributed by atoms with Crippen LogP contribution in [0.5, 0.6) is 0 Å². The smallest absolute Gasteiger partial charge is 0.153 e. The van der Waals surface area contributed by atoms with Gasteiger partial charge < -0.3 is 9.64 Å². The Kier molecular flexibility index (Phi) is 5.81. The topological polar surface area (TPSA) is 95.4 Å². The molecular formula is C14H19FN4O3S. The highest BCUT2D eigenvalue weighted by atomic mass is 32.2. The summed E-state index contributed by atoms with van der Waals surface area (Å²) < 4.78 is 41.2. The van der Waals surface area contributed by atoms with E-state index in [0.717, 1.165) is 5.69 Å². The van der Waals surface area contributed by atoms with Gasteiger partial charge in [0, 0.05) is 30.8 Å². The molecule has 1 aromatic carbocycles. The maximum atomic E-state index is 13.0. The van der Waals surface area contributed by atoms with Crippen molar-refractivity contribution in [1.82, 2.24) is 0 Å². The molecule has 1 aromatic rings. The number of sulfone groups is 1. The van der Waals surface area contributed by atoms with Crippen LogP contribution in [0.4, 0.5) is 10.1 Å². The maximum Gasteiger partial charge on any atom is 0.153 e. The van der Waals surface area contributed by atoms with Crippen molar-refractivity contribution in [3.8, 4) is 0 Å². The number of methoxy groups -OCH3 is 1. The molecule has 0 aliphatic carbocycles. The van der Waals surface area contributed by atoms with Crippen LogP contribution >= 0.6 is 0 Å². The molecule has 2 atom stereocenters. The standard InChI is InChI=1S/C14H19FN4O3S/c1-22-14(13(10-15)17-18-16)11-2-4-12(5-3-11)19-6-8-23(20,21)9-7-19/h2-5,13-14H,6-10H2,1H3/t13-,14-/m1/s1. The third-order valence-electron chi connectivity index (χ3n) is 3.89. The molecule has 1 heterocycles. The Bertz CT molecular complexity index is 660. The van der Waals surface area contributed by atoms with Crippen molar-refractivity contribution in [1.29, 1.82) is 0 Å². The summed E-state index contributed by atoms with van der Waals surface area (Å²) in [6.45, 7) is 0.108. The number of anilines is 1. The second-order valence-electron chi connectivity index (χ2n) is 5.31. The molecule has 7 nitrogen and oxygen atoms in total. The van der Waals surface area contributed by atoms with Gasteiger partial charge in [-0.3, -0.25) is 4.39 Å². The minimum absolute atomic E-state index is 0.149. The highest BCUT2D eigenvalue weighted by Crippen LogP contribution is 2.26. The van der Waals surface area contributed by atoms with Gasteiger partial charge in [-0.05, 0) is 23.2 Å². The first-order chi connectivity index (χ1) is 11.0. The summed E-state index contributed by atoms with van der Waals surface area (Å²) in [6.07, 6.45) is -0.660. The number of azide groups is 1. The first-order valence-electron chi connectivity index (χ1n) is 7.19. The predicted molar refractivity (Wildman–Crippen MR) is 86.0 cm³/mol. The summed E-state index contributed by atoms with van der Waals surface area (Å²) >= 11 is 0. The second-order valence-corrected chi connectivity index (χ2v) is 7.62. The van der Waals surface area contributed by atoms with E-state index >= 15 is 0 Å². The number of nitrogens with zero attached hydrogens (tertiary/aromatic N) is 4. The van der Waals surface area contributed by atoms with Gasteiger partial charge in [-0.2, -0.15) is 0 Å². The van der Waals surface area contributed by atoms with Gasteiger partial charge >= 0.3 is 0 Å². The number of rotatable bonds is 6. The summed E-state index contributed by atoms with van der Waals surface area (Å²) in [5, 5.41) is 3.42. The van der Waals surface area contributed by atoms with Crippen LogP contribution in [0.25, 0.3) is 10.4 Å². The lowest BCUT2D eigenvalue weighted by molar-refractivity contribution is 0.0722. The van der Waals surface area contributed by atoms with Crippen molar-refractivity contribution in [3.05, 3.63) is 40.3 Å². The van der Waals surface area contributed by atoms with E-state index in [9.17, 15) is 12.8 Å². The fraction of sp³-hybridized carbons (Fsp3) is 0.571. The SMILES string of the molecule is CO[C@H](c1ccc(N2CCS(=O)(=O)CC2)cc1)[C@@H](CF)N=[N+]=[N-]. The van der Waals surface area contributed by atoms with Gasteiger partial charge in [0.15, 0.2) is 9.84 Å². The van der Waals surface area contributed by atoms with Crippen LogP contribution in [0.15, 0.2) is 29.4 Å². The average Bonchev–Trinajstić information content (AvgIpc) is 2.55. The zero-order valence-electron chi connectivity index (χ0n) is 12.8. The molecule has 0 amide bonds. The van der Waals surface area contributed by atoms with Crippen molar-refractivity contribution < 1.29 is 17.5 Å². The molecule has 0 bridgehead atoms. The molecule has 0 unspecified atom stereocenters. The van der Waals surface area contributed by atoms with Gasteiger partial charge in [0.25, 0.3) is 0 Å². The zero-order valence-corrected chi connectivity index (χ0v) is 13.6. The van der Waals surface area contributed by atoms with Crippen LogP contribution in [0, 0.1) is 0 Å². The van der Waals surface area contributed by atoms with E-state index in [1.807, 2.05) is 17.0 Å². The van der Waals surface area contributed by atoms with Crippen molar-refractivity contribution in [3.63, 3.8) is 0 Å². The average molecular weight is 342 g/mol. The Morgan fingerprint density at radius 1 is 1.35 bits per heavy atom. The van der Waals surface area contributed by atoms with E-state index in [-0.39, 0.29) is 11.5 Å². The third kappa shape index (κ3) is 4.34. The van der Waals surface area contributed by atoms with Crippen LogP contribution in [0.3, 0.4) is 0 Å². The molecule has 23 heavy (non-hydrogen) atoms. The summed E-state index contributed by atoms with van der Waals surface area (Å²) in [4.78, 5) is 4.64. The largest absolute Gasteiger partial charge is 0.376 e. The fourth-order valence-corrected chi connectivity index (χ4v) is 3.80. The highest BCUT2D eigenvalue weighted by molar-refractivity contribution is 7.91. The molecule has 0 saturated carbocycles. The molecule has 0 aromatic heterocycles. The van der Waals surface area contributed by atoms with Crippen LogP contribution in [0.2, 0.25) is 0 Å². The summed E-state index contributed by atoms with van der Waals surface area (Å²) in [5.74, 6) is 0.298. The number of benzene rings is 1. The van der Waals surface area contributed by atoms with Gasteiger partial charge in [-0.1, -0.05) is 17.2 Å². The van der Waals surface area contributed by atoms with E-state index in [0.29, 0.717) is 18.7 Å². The number of hydrogen-bond acceptors (Lipinski definition) is 5. The van der Waals surface area contributed by atoms with E-state index in [4.69, 9.17) is 10.3 Å². The Labute approximate surface area is 134 Å². The lowest BCUT2D eigenvalue weighted by Gasteiger charge is -2.29. The van der Waals surface area contributed by atoms with Gasteiger partial charge in [0.1, 0.15) is 6.67 Å². The van der Waals surface area contributed by atoms with Crippen molar-refractivity contribution >= 4 is 15.5 Å². The number of ether oxygens (including phenoxy) is 1. The molecule has 1 fully saturated rings. The van der Waals surface area contributed by atoms with E-state index in [1.165, 1.54) is 7.11 Å². The monoisotopic (exact) mass is 342 g/mol. The Morgan fingerprint density at radius 2 is 1.96 bits per heavy atom. The molecule has 0 spiro atoms. The van der Waals surface area contributed by atoms with E-state index in [2.05, 4.69) is 10.0 Å². The Hall–Kier alpha value is -1.83. The van der Waals surface area contributed by atoms with E-state index in [1.54, 1.807) is 12.1 Å². The third-order valence-corrected chi connectivity index (χ3v) is 5.50. The van der Waals surface area contributed by atoms with Crippen LogP contribution in [0.1, 0.15) is 11.7 Å². The first kappa shape index (κ1) is 17.5. The maximum absolute atomic E-state index is 13.0. The quantitative estimate of drug-likeness (QED) is 0.450. The van der Waals surface area contributed by atoms with Gasteiger partial charge in [0.05, 0.1) is 23.7 Å². The summed E-state index contributed by atoms with van der Waals surface area (Å²) in [5.41, 5.74) is 10.1. The van der Waals surface area contributed by atoms with Crippen molar-refractivity contribution in [2.75, 3.05) is 43.3 Å². The molecular weight excluding hydrogens is 323 g/mol. The van der Waals surface area contributed by atoms with Gasteiger partial charge in [-0.15, -0.1) is 0 Å². The van der Waals surface area contributed by atoms with Crippen LogP contribution in [-0.2, 0) is 14.6 Å². The molecule has 1 aliphatic rings. The number of halogens is 1. The predicted octanol–water partition coefficient (Wildman–Crippen LogP) is 2.26. The Morgan fingerprint density at radius 3 is 2.43 bits per heavy atom. The fourth-order valence-electron chi connectivity index (χ4n) is 2.60. The summed E-state index contributed by atoms with van der Waals surface area (Å²) in [7, 11) is -1.49. The second kappa shape index (κ2) is 7.63. The van der Waals surface area contributed by atoms with Crippen molar-refractivity contribution in [2.24, 2.45) is 5.11 Å². The van der Waals surface area contributed by atoms with Gasteiger partial charge in [-0.25, -0.2) is 8.42 Å². The number of hydrogen-bond donors (Lipinski definition) is 0. The lowest BCUT2D eigenvalue weighted by Crippen LogP contribution is -2.40. The molecule has 1 aliphatic heterocycles. The normalized spacial score (nSPS) is 19.7. The van der Waals surface area contributed by atoms with E-state index < -0.39 is 28.7 Å². The highest BCUT2D eigenvalue weighted by Gasteiger charge is 2.24. The zero-order chi connectivity index (χ0) is 16.9. The van der Waals surface area contributed by atoms with Crippen LogP contribution < -0.4 is 4.90 Å². The first-order valence-corrected chi connectivity index (χ1v) is 9.01.